The van der Waals surface area contributed by atoms with E-state index >= 15 is 0 Å². The number of aromatic nitrogens is 1. The van der Waals surface area contributed by atoms with E-state index < -0.39 is 0 Å². The summed E-state index contributed by atoms with van der Waals surface area (Å²) < 4.78 is 3.14. The lowest BCUT2D eigenvalue weighted by molar-refractivity contribution is 1.06. The summed E-state index contributed by atoms with van der Waals surface area (Å²) in [5.41, 5.74) is 5.49. The number of anilines is 1. The van der Waals surface area contributed by atoms with E-state index in [1.807, 2.05) is 32.4 Å². The Morgan fingerprint density at radius 1 is 1.04 bits per heavy atom. The van der Waals surface area contributed by atoms with Gasteiger partial charge in [0.1, 0.15) is 0 Å². The molecule has 0 amide bonds. The molecule has 0 spiro atoms. The fraction of sp³-hybridized carbons (Fsp3) is 0.150. The molecule has 0 radical (unpaired) electrons. The average Bonchev–Trinajstić information content (AvgIpc) is 3.02. The molecule has 0 N–H and O–H groups in total. The molecule has 3 rings (SSSR count). The van der Waals surface area contributed by atoms with Gasteiger partial charge >= 0.3 is 0 Å². The largest absolute Gasteiger partial charge is 0.378 e. The second kappa shape index (κ2) is 7.05. The van der Waals surface area contributed by atoms with Gasteiger partial charge in [0.25, 0.3) is 0 Å². The van der Waals surface area contributed by atoms with Crippen LogP contribution in [0.15, 0.2) is 70.3 Å². The molecular formula is C20H20BrN3. The van der Waals surface area contributed by atoms with Gasteiger partial charge in [-0.3, -0.25) is 4.99 Å². The summed E-state index contributed by atoms with van der Waals surface area (Å²) in [6, 6.07) is 18.7. The third-order valence-electron chi connectivity index (χ3n) is 3.86. The quantitative estimate of drug-likeness (QED) is 0.556. The van der Waals surface area contributed by atoms with Gasteiger partial charge in [-0.1, -0.05) is 6.07 Å². The predicted octanol–water partition coefficient (Wildman–Crippen LogP) is 5.36. The minimum absolute atomic E-state index is 0.927. The number of aryl methyl sites for hydroxylation is 1. The number of hydrogen-bond acceptors (Lipinski definition) is 2. The highest BCUT2D eigenvalue weighted by Gasteiger charge is 2.03. The molecule has 0 aliphatic heterocycles. The van der Waals surface area contributed by atoms with Crippen LogP contribution in [0.1, 0.15) is 11.3 Å². The van der Waals surface area contributed by atoms with Gasteiger partial charge in [0, 0.05) is 36.1 Å². The van der Waals surface area contributed by atoms with Gasteiger partial charge < -0.3 is 9.47 Å². The van der Waals surface area contributed by atoms with E-state index in [-0.39, 0.29) is 0 Å². The Morgan fingerprint density at radius 3 is 2.46 bits per heavy atom. The molecular weight excluding hydrogens is 362 g/mol. The van der Waals surface area contributed by atoms with Gasteiger partial charge in [-0.2, -0.15) is 0 Å². The zero-order chi connectivity index (χ0) is 17.1. The number of hydrogen-bond donors (Lipinski definition) is 0. The molecule has 24 heavy (non-hydrogen) atoms. The molecule has 122 valence electrons. The molecule has 0 saturated carbocycles. The van der Waals surface area contributed by atoms with Crippen molar-refractivity contribution in [3.05, 3.63) is 76.5 Å². The van der Waals surface area contributed by atoms with Crippen molar-refractivity contribution in [2.24, 2.45) is 4.99 Å². The summed E-state index contributed by atoms with van der Waals surface area (Å²) in [4.78, 5) is 6.71. The Labute approximate surface area is 151 Å². The predicted molar refractivity (Wildman–Crippen MR) is 106 cm³/mol. The maximum atomic E-state index is 4.62. The van der Waals surface area contributed by atoms with Crippen LogP contribution in [0.5, 0.6) is 0 Å². The number of aliphatic imine (C=N–C) groups is 1. The molecule has 1 aromatic heterocycles. The zero-order valence-corrected chi connectivity index (χ0v) is 15.7. The van der Waals surface area contributed by atoms with Crippen LogP contribution < -0.4 is 4.90 Å². The first-order valence-corrected chi connectivity index (χ1v) is 8.59. The highest BCUT2D eigenvalue weighted by molar-refractivity contribution is 9.10. The topological polar surface area (TPSA) is 20.5 Å². The molecule has 1 heterocycles. The molecule has 3 nitrogen and oxygen atoms in total. The van der Waals surface area contributed by atoms with Crippen molar-refractivity contribution in [3.63, 3.8) is 0 Å². The zero-order valence-electron chi connectivity index (χ0n) is 14.1. The first-order chi connectivity index (χ1) is 11.5. The van der Waals surface area contributed by atoms with E-state index in [2.05, 4.69) is 86.0 Å². The Morgan fingerprint density at radius 2 is 1.79 bits per heavy atom. The van der Waals surface area contributed by atoms with E-state index in [1.165, 1.54) is 11.3 Å². The molecule has 0 fully saturated rings. The van der Waals surface area contributed by atoms with Crippen molar-refractivity contribution in [2.45, 2.75) is 6.92 Å². The van der Waals surface area contributed by atoms with Crippen molar-refractivity contribution >= 4 is 33.5 Å². The lowest BCUT2D eigenvalue weighted by Crippen LogP contribution is -2.08. The standard InChI is InChI=1S/C20H20BrN3/c1-15-6-11-20(19(21)13-15)22-14-18-5-4-12-24(18)17-9-7-16(8-10-17)23(2)3/h4-14H,1-3H3. The lowest BCUT2D eigenvalue weighted by Gasteiger charge is -2.13. The van der Waals surface area contributed by atoms with E-state index in [0.29, 0.717) is 0 Å². The SMILES string of the molecule is Cc1ccc(N=Cc2cccn2-c2ccc(N(C)C)cc2)c(Br)c1. The number of halogens is 1. The van der Waals surface area contributed by atoms with Crippen molar-refractivity contribution < 1.29 is 0 Å². The molecule has 2 aromatic carbocycles. The van der Waals surface area contributed by atoms with Gasteiger partial charge in [-0.05, 0) is 76.9 Å². The molecule has 0 atom stereocenters. The van der Waals surface area contributed by atoms with Gasteiger partial charge in [0.15, 0.2) is 0 Å². The normalized spacial score (nSPS) is 11.2. The maximum absolute atomic E-state index is 4.62. The van der Waals surface area contributed by atoms with Gasteiger partial charge in [-0.15, -0.1) is 0 Å². The van der Waals surface area contributed by atoms with Gasteiger partial charge in [0.05, 0.1) is 17.6 Å². The summed E-state index contributed by atoms with van der Waals surface area (Å²) in [7, 11) is 4.09. The maximum Gasteiger partial charge on any atom is 0.0772 e. The van der Waals surface area contributed by atoms with Crippen molar-refractivity contribution in [1.29, 1.82) is 0 Å². The number of nitrogens with zero attached hydrogens (tertiary/aromatic N) is 3. The third-order valence-corrected chi connectivity index (χ3v) is 4.50. The van der Waals surface area contributed by atoms with Crippen LogP contribution in [0.25, 0.3) is 5.69 Å². The molecule has 0 saturated heterocycles. The van der Waals surface area contributed by atoms with Gasteiger partial charge in [0.2, 0.25) is 0 Å². The number of benzene rings is 2. The summed E-state index contributed by atoms with van der Waals surface area (Å²) in [5, 5.41) is 0. The summed E-state index contributed by atoms with van der Waals surface area (Å²) in [5.74, 6) is 0. The Hall–Kier alpha value is -2.33. The van der Waals surface area contributed by atoms with Crippen LogP contribution in [-0.2, 0) is 0 Å². The highest BCUT2D eigenvalue weighted by Crippen LogP contribution is 2.26. The van der Waals surface area contributed by atoms with Crippen molar-refractivity contribution in [2.75, 3.05) is 19.0 Å². The third kappa shape index (κ3) is 3.60. The van der Waals surface area contributed by atoms with E-state index in [9.17, 15) is 0 Å². The second-order valence-electron chi connectivity index (χ2n) is 5.93. The monoisotopic (exact) mass is 381 g/mol. The molecule has 0 unspecified atom stereocenters. The molecule has 0 aliphatic carbocycles. The Balaban J connectivity index is 1.88. The average molecular weight is 382 g/mol. The highest BCUT2D eigenvalue weighted by atomic mass is 79.9. The lowest BCUT2D eigenvalue weighted by atomic mass is 10.2. The Kier molecular flexibility index (Phi) is 4.86. The van der Waals surface area contributed by atoms with Crippen molar-refractivity contribution in [3.8, 4) is 5.69 Å². The van der Waals surface area contributed by atoms with Crippen LogP contribution in [0.4, 0.5) is 11.4 Å². The van der Waals surface area contributed by atoms with Crippen LogP contribution in [0, 0.1) is 6.92 Å². The van der Waals surface area contributed by atoms with Crippen LogP contribution in [0.3, 0.4) is 0 Å². The van der Waals surface area contributed by atoms with Crippen LogP contribution >= 0.6 is 15.9 Å². The first kappa shape index (κ1) is 16.5. The van der Waals surface area contributed by atoms with Gasteiger partial charge in [-0.25, -0.2) is 0 Å². The fourth-order valence-electron chi connectivity index (χ4n) is 2.50. The van der Waals surface area contributed by atoms with E-state index in [1.54, 1.807) is 0 Å². The molecule has 3 aromatic rings. The minimum atomic E-state index is 0.927. The Bertz CT molecular complexity index is 861. The fourth-order valence-corrected chi connectivity index (χ4v) is 3.09. The molecule has 0 bridgehead atoms. The minimum Gasteiger partial charge on any atom is -0.378 e. The van der Waals surface area contributed by atoms with E-state index in [0.717, 1.165) is 21.5 Å². The smallest absolute Gasteiger partial charge is 0.0772 e. The van der Waals surface area contributed by atoms with Crippen molar-refractivity contribution in [1.82, 2.24) is 4.57 Å². The molecule has 4 heteroatoms. The van der Waals surface area contributed by atoms with E-state index in [4.69, 9.17) is 0 Å². The van der Waals surface area contributed by atoms with Crippen LogP contribution in [-0.4, -0.2) is 24.9 Å². The first-order valence-electron chi connectivity index (χ1n) is 7.80. The summed E-state index contributed by atoms with van der Waals surface area (Å²) in [6.07, 6.45) is 3.95. The number of rotatable bonds is 4. The summed E-state index contributed by atoms with van der Waals surface area (Å²) >= 11 is 3.57. The second-order valence-corrected chi connectivity index (χ2v) is 6.78. The molecule has 0 aliphatic rings. The summed E-state index contributed by atoms with van der Waals surface area (Å²) in [6.45, 7) is 2.07. The van der Waals surface area contributed by atoms with Crippen LogP contribution in [0.2, 0.25) is 0 Å².